The van der Waals surface area contributed by atoms with Crippen LogP contribution in [0.25, 0.3) is 0 Å². The Balaban J connectivity index is 1.70. The first-order valence-corrected chi connectivity index (χ1v) is 7.60. The molecule has 124 valence electrons. The second-order valence-corrected chi connectivity index (χ2v) is 6.27. The monoisotopic (exact) mass is 346 g/mol. The second kappa shape index (κ2) is 5.70. The third-order valence-electron chi connectivity index (χ3n) is 4.06. The number of likely N-dealkylation sites (tertiary alicyclic amines) is 1. The minimum Gasteiger partial charge on any atom is -0.339 e. The first-order chi connectivity index (χ1) is 10.8. The number of carbonyl (C=O) groups is 2. The Bertz CT molecular complexity index is 659. The van der Waals surface area contributed by atoms with Gasteiger partial charge >= 0.3 is 6.18 Å². The lowest BCUT2D eigenvalue weighted by atomic mass is 10.1. The van der Waals surface area contributed by atoms with E-state index in [1.807, 2.05) is 0 Å². The van der Waals surface area contributed by atoms with Crippen LogP contribution in [-0.4, -0.2) is 29.3 Å². The summed E-state index contributed by atoms with van der Waals surface area (Å²) in [5, 5.41) is 2.02. The number of benzene rings is 1. The van der Waals surface area contributed by atoms with Gasteiger partial charge in [-0.3, -0.25) is 9.59 Å². The molecule has 0 unspecified atom stereocenters. The van der Waals surface area contributed by atoms with E-state index in [1.165, 1.54) is 6.07 Å². The van der Waals surface area contributed by atoms with Crippen LogP contribution in [0.15, 0.2) is 18.2 Å². The summed E-state index contributed by atoms with van der Waals surface area (Å²) < 4.78 is 38.5. The highest BCUT2D eigenvalue weighted by Crippen LogP contribution is 2.37. The SMILES string of the molecule is O=C(Nc1ccc(Cl)c(C(F)(F)F)c1)[C@@H]1CC(=O)N(C2CC2)C1. The number of nitrogens with zero attached hydrogens (tertiary/aromatic N) is 1. The first-order valence-electron chi connectivity index (χ1n) is 7.23. The van der Waals surface area contributed by atoms with Crippen molar-refractivity contribution >= 4 is 29.1 Å². The topological polar surface area (TPSA) is 49.4 Å². The lowest BCUT2D eigenvalue weighted by molar-refractivity contribution is -0.137. The smallest absolute Gasteiger partial charge is 0.339 e. The third-order valence-corrected chi connectivity index (χ3v) is 4.39. The molecule has 0 bridgehead atoms. The van der Waals surface area contributed by atoms with E-state index in [1.54, 1.807) is 4.90 Å². The Hall–Kier alpha value is -1.76. The lowest BCUT2D eigenvalue weighted by Gasteiger charge is -2.16. The van der Waals surface area contributed by atoms with Gasteiger partial charge in [0.05, 0.1) is 16.5 Å². The zero-order valence-corrected chi connectivity index (χ0v) is 12.7. The fourth-order valence-corrected chi connectivity index (χ4v) is 2.94. The van der Waals surface area contributed by atoms with Crippen molar-refractivity contribution in [3.8, 4) is 0 Å². The summed E-state index contributed by atoms with van der Waals surface area (Å²) in [6, 6.07) is 3.43. The molecule has 1 saturated heterocycles. The molecule has 4 nitrogen and oxygen atoms in total. The normalized spacial score (nSPS) is 21.7. The summed E-state index contributed by atoms with van der Waals surface area (Å²) in [6.45, 7) is 0.328. The Labute approximate surface area is 135 Å². The summed E-state index contributed by atoms with van der Waals surface area (Å²) in [5.41, 5.74) is -0.983. The molecule has 0 aromatic heterocycles. The molecule has 1 aliphatic carbocycles. The average molecular weight is 347 g/mol. The Morgan fingerprint density at radius 1 is 1.30 bits per heavy atom. The highest BCUT2D eigenvalue weighted by atomic mass is 35.5. The molecule has 23 heavy (non-hydrogen) atoms. The molecule has 2 amide bonds. The summed E-state index contributed by atoms with van der Waals surface area (Å²) in [4.78, 5) is 25.7. The summed E-state index contributed by atoms with van der Waals surface area (Å²) in [6.07, 6.45) is -2.59. The molecule has 1 aromatic carbocycles. The predicted octanol–water partition coefficient (Wildman–Crippen LogP) is 3.31. The van der Waals surface area contributed by atoms with Gasteiger partial charge in [-0.15, -0.1) is 0 Å². The molecule has 3 rings (SSSR count). The molecular weight excluding hydrogens is 333 g/mol. The van der Waals surface area contributed by atoms with Crippen LogP contribution in [-0.2, 0) is 15.8 Å². The molecule has 2 aliphatic rings. The van der Waals surface area contributed by atoms with E-state index in [4.69, 9.17) is 11.6 Å². The standard InChI is InChI=1S/C15H14ClF3N2O2/c16-12-4-1-9(6-11(12)15(17,18)19)20-14(23)8-5-13(22)21(7-8)10-2-3-10/h1,4,6,8,10H,2-3,5,7H2,(H,20,23)/t8-/m1/s1. The number of carbonyl (C=O) groups excluding carboxylic acids is 2. The summed E-state index contributed by atoms with van der Waals surface area (Å²) >= 11 is 5.54. The maximum absolute atomic E-state index is 12.8. The van der Waals surface area contributed by atoms with E-state index >= 15 is 0 Å². The molecule has 0 radical (unpaired) electrons. The fourth-order valence-electron chi connectivity index (χ4n) is 2.71. The number of halogens is 4. The first kappa shape index (κ1) is 16.1. The number of amides is 2. The van der Waals surface area contributed by atoms with Crippen molar-refractivity contribution in [3.05, 3.63) is 28.8 Å². The summed E-state index contributed by atoms with van der Waals surface area (Å²) in [7, 11) is 0. The van der Waals surface area contributed by atoms with Gasteiger partial charge in [-0.25, -0.2) is 0 Å². The van der Waals surface area contributed by atoms with Gasteiger partial charge in [0.15, 0.2) is 0 Å². The molecule has 1 heterocycles. The fraction of sp³-hybridized carbons (Fsp3) is 0.467. The van der Waals surface area contributed by atoms with Gasteiger partial charge < -0.3 is 10.2 Å². The van der Waals surface area contributed by atoms with Gasteiger partial charge in [-0.05, 0) is 31.0 Å². The van der Waals surface area contributed by atoms with Gasteiger partial charge in [0.1, 0.15) is 0 Å². The van der Waals surface area contributed by atoms with Crippen LogP contribution in [0.4, 0.5) is 18.9 Å². The van der Waals surface area contributed by atoms with E-state index in [-0.39, 0.29) is 24.1 Å². The molecular formula is C15H14ClF3N2O2. The van der Waals surface area contributed by atoms with Crippen molar-refractivity contribution < 1.29 is 22.8 Å². The predicted molar refractivity (Wildman–Crippen MR) is 77.9 cm³/mol. The molecule has 2 fully saturated rings. The van der Waals surface area contributed by atoms with E-state index in [0.29, 0.717) is 6.54 Å². The highest BCUT2D eigenvalue weighted by Gasteiger charge is 2.42. The molecule has 8 heteroatoms. The highest BCUT2D eigenvalue weighted by molar-refractivity contribution is 6.31. The number of hydrogen-bond donors (Lipinski definition) is 1. The van der Waals surface area contributed by atoms with Gasteiger partial charge in [0.2, 0.25) is 11.8 Å². The largest absolute Gasteiger partial charge is 0.417 e. The number of nitrogens with one attached hydrogen (secondary N) is 1. The Morgan fingerprint density at radius 3 is 2.61 bits per heavy atom. The Kier molecular flexibility index (Phi) is 4.00. The molecule has 1 saturated carbocycles. The zero-order valence-electron chi connectivity index (χ0n) is 12.0. The van der Waals surface area contributed by atoms with Crippen molar-refractivity contribution in [3.63, 3.8) is 0 Å². The average Bonchev–Trinajstić information content (AvgIpc) is 3.22. The van der Waals surface area contributed by atoms with Crippen molar-refractivity contribution in [2.75, 3.05) is 11.9 Å². The van der Waals surface area contributed by atoms with Crippen molar-refractivity contribution in [1.82, 2.24) is 4.90 Å². The molecule has 1 aromatic rings. The maximum atomic E-state index is 12.8. The molecule has 1 aliphatic heterocycles. The Morgan fingerprint density at radius 2 is 2.00 bits per heavy atom. The third kappa shape index (κ3) is 3.44. The van der Waals surface area contributed by atoms with Crippen LogP contribution in [0, 0.1) is 5.92 Å². The molecule has 0 spiro atoms. The number of anilines is 1. The van der Waals surface area contributed by atoms with Crippen LogP contribution in [0.1, 0.15) is 24.8 Å². The number of rotatable bonds is 3. The van der Waals surface area contributed by atoms with Crippen LogP contribution in [0.5, 0.6) is 0 Å². The minimum atomic E-state index is -4.59. The van der Waals surface area contributed by atoms with E-state index < -0.39 is 28.6 Å². The van der Waals surface area contributed by atoms with Gasteiger partial charge in [0.25, 0.3) is 0 Å². The quantitative estimate of drug-likeness (QED) is 0.913. The second-order valence-electron chi connectivity index (χ2n) is 5.86. The van der Waals surface area contributed by atoms with Crippen LogP contribution in [0.2, 0.25) is 5.02 Å². The van der Waals surface area contributed by atoms with Gasteiger partial charge in [-0.1, -0.05) is 11.6 Å². The van der Waals surface area contributed by atoms with Crippen molar-refractivity contribution in [2.24, 2.45) is 5.92 Å². The van der Waals surface area contributed by atoms with Crippen LogP contribution >= 0.6 is 11.6 Å². The lowest BCUT2D eigenvalue weighted by Crippen LogP contribution is -2.29. The van der Waals surface area contributed by atoms with Crippen molar-refractivity contribution in [2.45, 2.75) is 31.5 Å². The number of alkyl halides is 3. The summed E-state index contributed by atoms with van der Waals surface area (Å²) in [5.74, 6) is -1.05. The van der Waals surface area contributed by atoms with Crippen LogP contribution < -0.4 is 5.32 Å². The number of hydrogen-bond acceptors (Lipinski definition) is 2. The minimum absolute atomic E-state index is 0.0176. The van der Waals surface area contributed by atoms with E-state index in [9.17, 15) is 22.8 Å². The zero-order chi connectivity index (χ0) is 16.8. The van der Waals surface area contributed by atoms with Gasteiger partial charge in [0, 0.05) is 24.7 Å². The molecule has 1 atom stereocenters. The van der Waals surface area contributed by atoms with Crippen molar-refractivity contribution in [1.29, 1.82) is 0 Å². The van der Waals surface area contributed by atoms with Gasteiger partial charge in [-0.2, -0.15) is 13.2 Å². The van der Waals surface area contributed by atoms with E-state index in [2.05, 4.69) is 5.32 Å². The maximum Gasteiger partial charge on any atom is 0.417 e. The molecule has 1 N–H and O–H groups in total. The van der Waals surface area contributed by atoms with E-state index in [0.717, 1.165) is 25.0 Å². The van der Waals surface area contributed by atoms with Crippen LogP contribution in [0.3, 0.4) is 0 Å².